The molecule has 0 bridgehead atoms. The molecule has 0 aromatic heterocycles. The highest BCUT2D eigenvalue weighted by atomic mass is 32.2. The topological polar surface area (TPSA) is 37.3 Å². The highest BCUT2D eigenvalue weighted by Crippen LogP contribution is 2.30. The first-order chi connectivity index (χ1) is 9.43. The van der Waals surface area contributed by atoms with Crippen LogP contribution in [0.1, 0.15) is 25.0 Å². The molecule has 0 saturated carbocycles. The average Bonchev–Trinajstić information content (AvgIpc) is 2.47. The van der Waals surface area contributed by atoms with Crippen LogP contribution < -0.4 is 0 Å². The molecular formula is C17H20O2S. The van der Waals surface area contributed by atoms with Gasteiger partial charge in [-0.15, -0.1) is 0 Å². The molecule has 3 atom stereocenters. The van der Waals surface area contributed by atoms with Crippen LogP contribution in [-0.2, 0) is 16.4 Å². The van der Waals surface area contributed by atoms with Gasteiger partial charge < -0.3 is 5.11 Å². The van der Waals surface area contributed by atoms with Gasteiger partial charge in [0.2, 0.25) is 0 Å². The van der Waals surface area contributed by atoms with Gasteiger partial charge in [-0.25, -0.2) is 0 Å². The molecule has 0 heterocycles. The molecule has 0 aliphatic carbocycles. The largest absolute Gasteiger partial charge is 0.384 e. The van der Waals surface area contributed by atoms with Crippen molar-refractivity contribution >= 4 is 10.8 Å². The predicted molar refractivity (Wildman–Crippen MR) is 83.1 cm³/mol. The first-order valence-corrected chi connectivity index (χ1v) is 7.89. The average molecular weight is 288 g/mol. The van der Waals surface area contributed by atoms with Crippen LogP contribution in [0.15, 0.2) is 59.5 Å². The summed E-state index contributed by atoms with van der Waals surface area (Å²) in [5, 5.41) is 10.4. The molecule has 106 valence electrons. The Bertz CT molecular complexity index is 588. The highest BCUT2D eigenvalue weighted by molar-refractivity contribution is 7.85. The molecule has 2 aromatic carbocycles. The predicted octanol–water partition coefficient (Wildman–Crippen LogP) is 3.40. The molecule has 0 aliphatic rings. The van der Waals surface area contributed by atoms with Crippen molar-refractivity contribution in [3.8, 4) is 0 Å². The third-order valence-corrected chi connectivity index (χ3v) is 5.56. The van der Waals surface area contributed by atoms with Crippen molar-refractivity contribution in [1.82, 2.24) is 0 Å². The van der Waals surface area contributed by atoms with Gasteiger partial charge in [-0.05, 0) is 38.5 Å². The molecule has 2 nitrogen and oxygen atoms in total. The quantitative estimate of drug-likeness (QED) is 0.936. The van der Waals surface area contributed by atoms with Crippen LogP contribution in [0.3, 0.4) is 0 Å². The zero-order chi connectivity index (χ0) is 14.8. The van der Waals surface area contributed by atoms with Crippen molar-refractivity contribution in [3.63, 3.8) is 0 Å². The summed E-state index contributed by atoms with van der Waals surface area (Å²) in [6.07, 6.45) is 0. The van der Waals surface area contributed by atoms with E-state index in [1.807, 2.05) is 68.4 Å². The monoisotopic (exact) mass is 288 g/mol. The second kappa shape index (κ2) is 5.90. The van der Waals surface area contributed by atoms with Crippen LogP contribution in [0.2, 0.25) is 0 Å². The maximum absolute atomic E-state index is 12.6. The number of aliphatic hydroxyl groups is 1. The normalized spacial score (nSPS) is 17.2. The van der Waals surface area contributed by atoms with Crippen LogP contribution in [0.25, 0.3) is 0 Å². The fourth-order valence-electron chi connectivity index (χ4n) is 2.10. The van der Waals surface area contributed by atoms with Gasteiger partial charge in [-0.2, -0.15) is 0 Å². The van der Waals surface area contributed by atoms with Crippen LogP contribution >= 0.6 is 0 Å². The number of aryl methyl sites for hydroxylation is 1. The standard InChI is InChI=1S/C17H20O2S/c1-13-9-11-16(12-10-13)20(19)14(2)17(3,18)15-7-5-4-6-8-15/h4-12,14,18H,1-3H3/t14-,17+,20-/m1/s1. The molecule has 0 amide bonds. The third kappa shape index (κ3) is 3.00. The molecule has 2 rings (SSSR count). The van der Waals surface area contributed by atoms with E-state index in [9.17, 15) is 9.32 Å². The summed E-state index contributed by atoms with van der Waals surface area (Å²) in [5.41, 5.74) is 0.790. The molecule has 0 saturated heterocycles. The number of hydrogen-bond donors (Lipinski definition) is 1. The van der Waals surface area contributed by atoms with E-state index in [2.05, 4.69) is 0 Å². The Hall–Kier alpha value is -1.45. The Labute approximate surface area is 122 Å². The lowest BCUT2D eigenvalue weighted by molar-refractivity contribution is 0.0578. The van der Waals surface area contributed by atoms with Crippen molar-refractivity contribution < 1.29 is 9.32 Å². The third-order valence-electron chi connectivity index (χ3n) is 3.72. The molecule has 3 heteroatoms. The Morgan fingerprint density at radius 2 is 1.60 bits per heavy atom. The minimum atomic E-state index is -1.26. The molecule has 0 fully saturated rings. The maximum atomic E-state index is 12.6. The van der Waals surface area contributed by atoms with Gasteiger partial charge in [0.15, 0.2) is 0 Å². The molecule has 0 unspecified atom stereocenters. The highest BCUT2D eigenvalue weighted by Gasteiger charge is 2.34. The summed E-state index contributed by atoms with van der Waals surface area (Å²) in [6, 6.07) is 17.0. The zero-order valence-corrected chi connectivity index (χ0v) is 12.9. The van der Waals surface area contributed by atoms with Crippen molar-refractivity contribution in [2.45, 2.75) is 36.5 Å². The van der Waals surface area contributed by atoms with Gasteiger partial charge in [0.1, 0.15) is 5.60 Å². The minimum Gasteiger partial charge on any atom is -0.384 e. The van der Waals surface area contributed by atoms with Gasteiger partial charge in [-0.3, -0.25) is 4.21 Å². The van der Waals surface area contributed by atoms with Crippen LogP contribution in [0.5, 0.6) is 0 Å². The van der Waals surface area contributed by atoms with Gasteiger partial charge in [-0.1, -0.05) is 48.0 Å². The fraction of sp³-hybridized carbons (Fsp3) is 0.294. The Balaban J connectivity index is 2.28. The van der Waals surface area contributed by atoms with Crippen molar-refractivity contribution in [2.75, 3.05) is 0 Å². The lowest BCUT2D eigenvalue weighted by atomic mass is 9.93. The van der Waals surface area contributed by atoms with Gasteiger partial charge >= 0.3 is 0 Å². The SMILES string of the molecule is Cc1ccc([S@](=O)[C@H](C)[C@](C)(O)c2ccccc2)cc1. The molecular weight excluding hydrogens is 268 g/mol. The zero-order valence-electron chi connectivity index (χ0n) is 12.0. The fourth-order valence-corrected chi connectivity index (χ4v) is 3.46. The number of hydrogen-bond acceptors (Lipinski definition) is 2. The summed E-state index contributed by atoms with van der Waals surface area (Å²) in [6.45, 7) is 5.54. The Morgan fingerprint density at radius 1 is 1.05 bits per heavy atom. The first kappa shape index (κ1) is 14.9. The van der Waals surface area contributed by atoms with Crippen LogP contribution in [0.4, 0.5) is 0 Å². The van der Waals surface area contributed by atoms with Crippen molar-refractivity contribution in [2.24, 2.45) is 0 Å². The molecule has 1 N–H and O–H groups in total. The minimum absolute atomic E-state index is 0.396. The van der Waals surface area contributed by atoms with E-state index in [1.54, 1.807) is 6.92 Å². The summed E-state index contributed by atoms with van der Waals surface area (Å²) >= 11 is 0. The summed E-state index contributed by atoms with van der Waals surface area (Å²) in [7, 11) is -1.26. The van der Waals surface area contributed by atoms with E-state index in [1.165, 1.54) is 0 Å². The number of benzene rings is 2. The van der Waals surface area contributed by atoms with Gasteiger partial charge in [0.25, 0.3) is 0 Å². The molecule has 20 heavy (non-hydrogen) atoms. The van der Waals surface area contributed by atoms with E-state index in [4.69, 9.17) is 0 Å². The molecule has 0 radical (unpaired) electrons. The summed E-state index contributed by atoms with van der Waals surface area (Å²) in [4.78, 5) is 0.749. The lowest BCUT2D eigenvalue weighted by Crippen LogP contribution is -2.37. The molecule has 0 spiro atoms. The maximum Gasteiger partial charge on any atom is 0.101 e. The molecule has 0 aliphatic heterocycles. The van der Waals surface area contributed by atoms with Crippen LogP contribution in [0, 0.1) is 6.92 Å². The van der Waals surface area contributed by atoms with E-state index < -0.39 is 21.7 Å². The van der Waals surface area contributed by atoms with E-state index in [-0.39, 0.29) is 0 Å². The van der Waals surface area contributed by atoms with Crippen molar-refractivity contribution in [1.29, 1.82) is 0 Å². The van der Waals surface area contributed by atoms with Gasteiger partial charge in [0, 0.05) is 4.90 Å². The Morgan fingerprint density at radius 3 is 2.15 bits per heavy atom. The molecule has 2 aromatic rings. The van der Waals surface area contributed by atoms with E-state index in [0.29, 0.717) is 0 Å². The van der Waals surface area contributed by atoms with E-state index >= 15 is 0 Å². The first-order valence-electron chi connectivity index (χ1n) is 6.68. The second-order valence-corrected chi connectivity index (χ2v) is 7.04. The lowest BCUT2D eigenvalue weighted by Gasteiger charge is -2.30. The van der Waals surface area contributed by atoms with Gasteiger partial charge in [0.05, 0.1) is 16.0 Å². The summed E-state index contributed by atoms with van der Waals surface area (Å²) < 4.78 is 12.6. The summed E-state index contributed by atoms with van der Waals surface area (Å²) in [5.74, 6) is 0. The smallest absolute Gasteiger partial charge is 0.101 e. The second-order valence-electron chi connectivity index (χ2n) is 5.27. The van der Waals surface area contributed by atoms with Crippen LogP contribution in [-0.4, -0.2) is 14.6 Å². The van der Waals surface area contributed by atoms with Crippen molar-refractivity contribution in [3.05, 3.63) is 65.7 Å². The Kier molecular flexibility index (Phi) is 4.41. The number of rotatable bonds is 4. The van der Waals surface area contributed by atoms with E-state index in [0.717, 1.165) is 16.0 Å².